The van der Waals surface area contributed by atoms with Crippen molar-refractivity contribution in [3.05, 3.63) is 83.3 Å². The predicted molar refractivity (Wildman–Crippen MR) is 132 cm³/mol. The molecule has 0 fully saturated rings. The Morgan fingerprint density at radius 3 is 2.69 bits per heavy atom. The minimum absolute atomic E-state index is 0.00291. The van der Waals surface area contributed by atoms with Crippen LogP contribution in [0, 0.1) is 5.82 Å². The van der Waals surface area contributed by atoms with Crippen LogP contribution in [0.25, 0.3) is 21.8 Å². The molecule has 6 rings (SSSR count). The number of nitrogens with zero attached hydrogens (tertiary/aromatic N) is 6. The summed E-state index contributed by atoms with van der Waals surface area (Å²) < 4.78 is 62.4. The fraction of sp³-hybridized carbons (Fsp3) is 0.192. The van der Waals surface area contributed by atoms with Crippen LogP contribution in [0.5, 0.6) is 5.75 Å². The molecule has 0 saturated carbocycles. The summed E-state index contributed by atoms with van der Waals surface area (Å²) in [7, 11) is 1.69. The van der Waals surface area contributed by atoms with Gasteiger partial charge in [0.2, 0.25) is 0 Å². The fourth-order valence-electron chi connectivity index (χ4n) is 4.81. The first-order valence-electron chi connectivity index (χ1n) is 11.7. The maximum Gasteiger partial charge on any atom is 0.416 e. The van der Waals surface area contributed by atoms with Gasteiger partial charge in [-0.2, -0.15) is 18.3 Å². The Morgan fingerprint density at radius 2 is 1.95 bits per heavy atom. The third-order valence-electron chi connectivity index (χ3n) is 6.69. The van der Waals surface area contributed by atoms with Gasteiger partial charge in [0.15, 0.2) is 0 Å². The zero-order valence-corrected chi connectivity index (χ0v) is 20.3. The Morgan fingerprint density at radius 1 is 1.18 bits per heavy atom. The van der Waals surface area contributed by atoms with Crippen molar-refractivity contribution >= 4 is 33.5 Å². The number of hydrogen-bond acceptors (Lipinski definition) is 7. The molecule has 5 aromatic rings. The molecule has 0 radical (unpaired) electrons. The van der Waals surface area contributed by atoms with Crippen molar-refractivity contribution in [2.75, 3.05) is 12.3 Å². The number of benzene rings is 2. The van der Waals surface area contributed by atoms with Gasteiger partial charge in [-0.25, -0.2) is 19.3 Å². The molecule has 1 aliphatic rings. The van der Waals surface area contributed by atoms with Crippen LogP contribution in [0.1, 0.15) is 33.4 Å². The second-order valence-corrected chi connectivity index (χ2v) is 9.05. The lowest BCUT2D eigenvalue weighted by Gasteiger charge is -2.28. The van der Waals surface area contributed by atoms with Crippen LogP contribution in [-0.4, -0.2) is 42.1 Å². The number of aromatic nitrogens is 5. The van der Waals surface area contributed by atoms with Crippen molar-refractivity contribution in [1.29, 1.82) is 0 Å². The highest BCUT2D eigenvalue weighted by atomic mass is 19.4. The van der Waals surface area contributed by atoms with Gasteiger partial charge >= 0.3 is 6.18 Å². The highest BCUT2D eigenvalue weighted by Crippen LogP contribution is 2.41. The molecule has 1 atom stereocenters. The first-order valence-corrected chi connectivity index (χ1v) is 11.7. The molecule has 4 heterocycles. The van der Waals surface area contributed by atoms with E-state index in [-0.39, 0.29) is 41.6 Å². The first-order chi connectivity index (χ1) is 18.6. The number of alkyl halides is 3. The number of hydrogen-bond donors (Lipinski definition) is 1. The summed E-state index contributed by atoms with van der Waals surface area (Å²) in [6.45, 7) is -0.277. The van der Waals surface area contributed by atoms with Gasteiger partial charge in [-0.15, -0.1) is 0 Å². The number of rotatable bonds is 4. The highest BCUT2D eigenvalue weighted by Gasteiger charge is 2.38. The van der Waals surface area contributed by atoms with E-state index < -0.39 is 29.5 Å². The lowest BCUT2D eigenvalue weighted by atomic mass is 10.0. The third-order valence-corrected chi connectivity index (χ3v) is 6.69. The van der Waals surface area contributed by atoms with Crippen molar-refractivity contribution in [2.24, 2.45) is 7.05 Å². The molecule has 0 spiro atoms. The SMILES string of the molecule is Cn1ncc2c(N)nc3cc(F)c(C(=O)N(Cc4ncccn4)C4COc5cc(C(F)(F)F)ccc54)cc3c21. The van der Waals surface area contributed by atoms with Gasteiger partial charge in [0.1, 0.15) is 29.8 Å². The Labute approximate surface area is 217 Å². The van der Waals surface area contributed by atoms with E-state index in [4.69, 9.17) is 10.5 Å². The fourth-order valence-corrected chi connectivity index (χ4v) is 4.81. The predicted octanol–water partition coefficient (Wildman–Crippen LogP) is 4.43. The number of nitrogens with two attached hydrogens (primary N) is 1. The molecule has 1 unspecified atom stereocenters. The number of nitrogen functional groups attached to an aromatic ring is 1. The van der Waals surface area contributed by atoms with E-state index in [0.717, 1.165) is 18.2 Å². The molecule has 0 bridgehead atoms. The highest BCUT2D eigenvalue weighted by molar-refractivity contribution is 6.10. The summed E-state index contributed by atoms with van der Waals surface area (Å²) >= 11 is 0. The van der Waals surface area contributed by atoms with Crippen LogP contribution < -0.4 is 10.5 Å². The maximum atomic E-state index is 15.5. The van der Waals surface area contributed by atoms with Gasteiger partial charge in [0.25, 0.3) is 5.91 Å². The number of pyridine rings is 1. The number of halogens is 4. The number of anilines is 1. The van der Waals surface area contributed by atoms with Crippen LogP contribution in [0.15, 0.2) is 55.0 Å². The van der Waals surface area contributed by atoms with Crippen LogP contribution in [0.3, 0.4) is 0 Å². The van der Waals surface area contributed by atoms with E-state index >= 15 is 4.39 Å². The van der Waals surface area contributed by atoms with Crippen molar-refractivity contribution < 1.29 is 27.1 Å². The largest absolute Gasteiger partial charge is 0.491 e. The second kappa shape index (κ2) is 8.89. The topological polar surface area (TPSA) is 112 Å². The smallest absolute Gasteiger partial charge is 0.416 e. The van der Waals surface area contributed by atoms with Crippen molar-refractivity contribution in [2.45, 2.75) is 18.8 Å². The zero-order valence-electron chi connectivity index (χ0n) is 20.3. The Balaban J connectivity index is 1.47. The number of carbonyl (C=O) groups is 1. The minimum Gasteiger partial charge on any atom is -0.491 e. The van der Waals surface area contributed by atoms with E-state index in [1.54, 1.807) is 17.8 Å². The van der Waals surface area contributed by atoms with E-state index in [1.807, 2.05) is 0 Å². The van der Waals surface area contributed by atoms with Crippen molar-refractivity contribution in [1.82, 2.24) is 29.6 Å². The van der Waals surface area contributed by atoms with Crippen molar-refractivity contribution in [3.8, 4) is 5.75 Å². The summed E-state index contributed by atoms with van der Waals surface area (Å²) in [6, 6.07) is 6.36. The van der Waals surface area contributed by atoms with Crippen LogP contribution in [0.2, 0.25) is 0 Å². The van der Waals surface area contributed by atoms with E-state index in [2.05, 4.69) is 20.1 Å². The molecule has 13 heteroatoms. The van der Waals surface area contributed by atoms with Gasteiger partial charge in [0.05, 0.1) is 46.3 Å². The molecule has 39 heavy (non-hydrogen) atoms. The van der Waals surface area contributed by atoms with Crippen LogP contribution in [0.4, 0.5) is 23.4 Å². The summed E-state index contributed by atoms with van der Waals surface area (Å²) in [6.07, 6.45) is -0.0489. The van der Waals surface area contributed by atoms with E-state index in [1.165, 1.54) is 35.6 Å². The van der Waals surface area contributed by atoms with Crippen molar-refractivity contribution in [3.63, 3.8) is 0 Å². The monoisotopic (exact) mass is 537 g/mol. The minimum atomic E-state index is -4.56. The molecular weight excluding hydrogens is 518 g/mol. The average Bonchev–Trinajstić information content (AvgIpc) is 3.50. The molecule has 0 aliphatic carbocycles. The first kappa shape index (κ1) is 24.5. The number of aryl methyl sites for hydroxylation is 1. The quantitative estimate of drug-likeness (QED) is 0.338. The number of amides is 1. The lowest BCUT2D eigenvalue weighted by Crippen LogP contribution is -2.36. The van der Waals surface area contributed by atoms with Gasteiger partial charge in [-0.1, -0.05) is 6.07 Å². The van der Waals surface area contributed by atoms with E-state index in [0.29, 0.717) is 21.9 Å². The Hall–Kier alpha value is -4.81. The molecule has 2 N–H and O–H groups in total. The number of carbonyl (C=O) groups excluding carboxylic acids is 1. The maximum absolute atomic E-state index is 15.5. The lowest BCUT2D eigenvalue weighted by molar-refractivity contribution is -0.137. The van der Waals surface area contributed by atoms with Gasteiger partial charge in [0, 0.05) is 36.5 Å². The molecular formula is C26H19F4N7O2. The van der Waals surface area contributed by atoms with Gasteiger partial charge < -0.3 is 15.4 Å². The zero-order chi connectivity index (χ0) is 27.5. The average molecular weight is 537 g/mol. The summed E-state index contributed by atoms with van der Waals surface area (Å²) in [4.78, 5) is 27.9. The number of fused-ring (bicyclic) bond motifs is 4. The normalized spacial score (nSPS) is 14.9. The molecule has 3 aromatic heterocycles. The Bertz CT molecular complexity index is 1760. The molecule has 1 amide bonds. The molecule has 9 nitrogen and oxygen atoms in total. The number of ether oxygens (including phenoxy) is 1. The van der Waals surface area contributed by atoms with E-state index in [9.17, 15) is 18.0 Å². The third kappa shape index (κ3) is 4.15. The Kier molecular flexibility index (Phi) is 5.59. The van der Waals surface area contributed by atoms with Gasteiger partial charge in [-0.05, 0) is 24.3 Å². The molecule has 0 saturated heterocycles. The summed E-state index contributed by atoms with van der Waals surface area (Å²) in [5.74, 6) is -1.14. The summed E-state index contributed by atoms with van der Waals surface area (Å²) in [5, 5.41) is 5.20. The standard InChI is InChI=1S/C26H19F4N7O2/c1-36-23-16-8-15(18(27)9-19(16)35-24(31)17(23)10-34-36)25(38)37(11-22-32-5-2-6-33-22)20-12-39-21-7-13(26(28,29)30)3-4-14(20)21/h2-10,20H,11-12H2,1H3,(H2,31,35). The molecule has 2 aromatic carbocycles. The molecule has 1 aliphatic heterocycles. The van der Waals surface area contributed by atoms with Gasteiger partial charge in [-0.3, -0.25) is 9.48 Å². The second-order valence-electron chi connectivity index (χ2n) is 9.05. The summed E-state index contributed by atoms with van der Waals surface area (Å²) in [5.41, 5.74) is 6.04. The van der Waals surface area contributed by atoms with Crippen LogP contribution >= 0.6 is 0 Å². The van der Waals surface area contributed by atoms with Crippen LogP contribution in [-0.2, 0) is 19.8 Å². The molecule has 198 valence electrons.